The average Bonchev–Trinajstić information content (AvgIpc) is 3.06. The minimum Gasteiger partial charge on any atom is -0.345 e. The van der Waals surface area contributed by atoms with Gasteiger partial charge in [0.15, 0.2) is 5.69 Å². The van der Waals surface area contributed by atoms with E-state index in [1.54, 1.807) is 17.1 Å². The largest absolute Gasteiger partial charge is 0.345 e. The summed E-state index contributed by atoms with van der Waals surface area (Å²) in [6.45, 7) is 4.45. The number of carbonyl (C=O) groups is 1. The van der Waals surface area contributed by atoms with Crippen LogP contribution in [-0.4, -0.2) is 25.9 Å². The van der Waals surface area contributed by atoms with Crippen molar-refractivity contribution < 1.29 is 4.79 Å². The summed E-state index contributed by atoms with van der Waals surface area (Å²) in [6.07, 6.45) is 3.31. The molecule has 6 nitrogen and oxygen atoms in total. The lowest BCUT2D eigenvalue weighted by Gasteiger charge is -2.04. The highest BCUT2D eigenvalue weighted by molar-refractivity contribution is 5.91. The smallest absolute Gasteiger partial charge is 0.273 e. The fourth-order valence-electron chi connectivity index (χ4n) is 2.13. The lowest BCUT2D eigenvalue weighted by atomic mass is 10.1. The second-order valence-electron chi connectivity index (χ2n) is 5.32. The molecule has 2 heterocycles. The second kappa shape index (κ2) is 6.39. The quantitative estimate of drug-likeness (QED) is 0.802. The van der Waals surface area contributed by atoms with E-state index in [-0.39, 0.29) is 11.6 Å². The van der Waals surface area contributed by atoms with Crippen molar-refractivity contribution in [3.63, 3.8) is 0 Å². The Balaban J connectivity index is 1.71. The molecule has 0 bridgehead atoms. The van der Waals surface area contributed by atoms with E-state index in [1.807, 2.05) is 43.3 Å². The normalized spacial score (nSPS) is 10.5. The summed E-state index contributed by atoms with van der Waals surface area (Å²) in [5.41, 5.74) is 4.33. The van der Waals surface area contributed by atoms with Crippen molar-refractivity contribution in [3.8, 4) is 5.69 Å². The van der Waals surface area contributed by atoms with Crippen molar-refractivity contribution in [1.29, 1.82) is 0 Å². The Morgan fingerprint density at radius 2 is 2.04 bits per heavy atom. The van der Waals surface area contributed by atoms with Crippen LogP contribution in [0.1, 0.15) is 27.3 Å². The SMILES string of the molecule is Cc1ccc(-n2cc(C(=O)NCc3ccccn3)nn2)cc1C. The fraction of sp³-hybridized carbons (Fsp3) is 0.176. The number of nitrogens with one attached hydrogen (secondary N) is 1. The average molecular weight is 307 g/mol. The maximum atomic E-state index is 12.1. The predicted octanol–water partition coefficient (Wildman–Crippen LogP) is 2.21. The summed E-state index contributed by atoms with van der Waals surface area (Å²) in [7, 11) is 0. The minimum atomic E-state index is -0.272. The molecule has 3 aromatic rings. The van der Waals surface area contributed by atoms with Crippen LogP contribution >= 0.6 is 0 Å². The first-order valence-electron chi connectivity index (χ1n) is 7.31. The van der Waals surface area contributed by atoms with Gasteiger partial charge in [0.2, 0.25) is 0 Å². The first-order valence-corrected chi connectivity index (χ1v) is 7.31. The summed E-state index contributed by atoms with van der Waals surface area (Å²) in [5, 5.41) is 10.7. The number of pyridine rings is 1. The summed E-state index contributed by atoms with van der Waals surface area (Å²) in [4.78, 5) is 16.3. The molecule has 3 rings (SSSR count). The molecule has 1 N–H and O–H groups in total. The van der Waals surface area contributed by atoms with Gasteiger partial charge in [0.05, 0.1) is 24.1 Å². The zero-order valence-electron chi connectivity index (χ0n) is 13.0. The topological polar surface area (TPSA) is 72.7 Å². The third kappa shape index (κ3) is 3.42. The van der Waals surface area contributed by atoms with Crippen LogP contribution in [0.25, 0.3) is 5.69 Å². The molecular weight excluding hydrogens is 290 g/mol. The van der Waals surface area contributed by atoms with Crippen LogP contribution in [0.3, 0.4) is 0 Å². The molecule has 0 fully saturated rings. The Bertz CT molecular complexity index is 826. The third-order valence-corrected chi connectivity index (χ3v) is 3.64. The molecular formula is C17H17N5O. The first-order chi connectivity index (χ1) is 11.1. The van der Waals surface area contributed by atoms with E-state index < -0.39 is 0 Å². The number of amides is 1. The minimum absolute atomic E-state index is 0.272. The van der Waals surface area contributed by atoms with Gasteiger partial charge in [-0.1, -0.05) is 17.3 Å². The number of rotatable bonds is 4. The van der Waals surface area contributed by atoms with Gasteiger partial charge in [0.25, 0.3) is 5.91 Å². The van der Waals surface area contributed by atoms with Crippen LogP contribution in [0.5, 0.6) is 0 Å². The molecule has 2 aromatic heterocycles. The summed E-state index contributed by atoms with van der Waals surface area (Å²) in [5.74, 6) is -0.272. The number of aryl methyl sites for hydroxylation is 2. The predicted molar refractivity (Wildman–Crippen MR) is 86.2 cm³/mol. The van der Waals surface area contributed by atoms with E-state index >= 15 is 0 Å². The standard InChI is InChI=1S/C17H17N5O/c1-12-6-7-15(9-13(12)2)22-11-16(20-21-22)17(23)19-10-14-5-3-4-8-18-14/h3-9,11H,10H2,1-2H3,(H,19,23). The molecule has 0 aliphatic carbocycles. The van der Waals surface area contributed by atoms with E-state index in [2.05, 4.69) is 27.5 Å². The van der Waals surface area contributed by atoms with E-state index in [1.165, 1.54) is 11.1 Å². The molecule has 116 valence electrons. The molecule has 0 radical (unpaired) electrons. The van der Waals surface area contributed by atoms with E-state index in [0.29, 0.717) is 6.54 Å². The van der Waals surface area contributed by atoms with Crippen molar-refractivity contribution in [1.82, 2.24) is 25.3 Å². The summed E-state index contributed by atoms with van der Waals surface area (Å²) >= 11 is 0. The molecule has 0 unspecified atom stereocenters. The lowest BCUT2D eigenvalue weighted by Crippen LogP contribution is -2.23. The van der Waals surface area contributed by atoms with Gasteiger partial charge in [0, 0.05) is 6.20 Å². The van der Waals surface area contributed by atoms with Crippen molar-refractivity contribution in [2.75, 3.05) is 0 Å². The molecule has 0 saturated carbocycles. The molecule has 1 amide bonds. The van der Waals surface area contributed by atoms with Gasteiger partial charge in [-0.15, -0.1) is 5.10 Å². The van der Waals surface area contributed by atoms with Crippen LogP contribution in [0.2, 0.25) is 0 Å². The molecule has 0 aliphatic rings. The Hall–Kier alpha value is -3.02. The monoisotopic (exact) mass is 307 g/mol. The van der Waals surface area contributed by atoms with Crippen LogP contribution in [-0.2, 0) is 6.54 Å². The third-order valence-electron chi connectivity index (χ3n) is 3.64. The first kappa shape index (κ1) is 14.9. The van der Waals surface area contributed by atoms with Gasteiger partial charge in [-0.3, -0.25) is 9.78 Å². The van der Waals surface area contributed by atoms with Crippen LogP contribution in [0.4, 0.5) is 0 Å². The van der Waals surface area contributed by atoms with Crippen molar-refractivity contribution in [2.45, 2.75) is 20.4 Å². The van der Waals surface area contributed by atoms with Crippen LogP contribution in [0, 0.1) is 13.8 Å². The Morgan fingerprint density at radius 3 is 2.78 bits per heavy atom. The van der Waals surface area contributed by atoms with Gasteiger partial charge in [-0.25, -0.2) is 4.68 Å². The van der Waals surface area contributed by atoms with Crippen molar-refractivity contribution in [3.05, 3.63) is 71.3 Å². The van der Waals surface area contributed by atoms with Gasteiger partial charge in [0.1, 0.15) is 0 Å². The fourth-order valence-corrected chi connectivity index (χ4v) is 2.13. The van der Waals surface area contributed by atoms with E-state index in [4.69, 9.17) is 0 Å². The van der Waals surface area contributed by atoms with Gasteiger partial charge >= 0.3 is 0 Å². The van der Waals surface area contributed by atoms with Crippen molar-refractivity contribution in [2.24, 2.45) is 0 Å². The zero-order valence-corrected chi connectivity index (χ0v) is 13.0. The summed E-state index contributed by atoms with van der Waals surface area (Å²) < 4.78 is 1.60. The molecule has 0 spiro atoms. The van der Waals surface area contributed by atoms with E-state index in [0.717, 1.165) is 11.4 Å². The number of hydrogen-bond acceptors (Lipinski definition) is 4. The molecule has 0 saturated heterocycles. The highest BCUT2D eigenvalue weighted by atomic mass is 16.2. The molecule has 6 heteroatoms. The Labute approximate surface area is 134 Å². The number of aromatic nitrogens is 4. The van der Waals surface area contributed by atoms with Crippen molar-refractivity contribution >= 4 is 5.91 Å². The molecule has 0 atom stereocenters. The number of benzene rings is 1. The van der Waals surface area contributed by atoms with Gasteiger partial charge in [-0.2, -0.15) is 0 Å². The van der Waals surface area contributed by atoms with E-state index in [9.17, 15) is 4.79 Å². The molecule has 0 aliphatic heterocycles. The Kier molecular flexibility index (Phi) is 4.14. The van der Waals surface area contributed by atoms with Gasteiger partial charge in [-0.05, 0) is 49.2 Å². The maximum absolute atomic E-state index is 12.1. The Morgan fingerprint density at radius 1 is 1.17 bits per heavy atom. The van der Waals surface area contributed by atoms with Crippen LogP contribution < -0.4 is 5.32 Å². The summed E-state index contributed by atoms with van der Waals surface area (Å²) in [6, 6.07) is 11.6. The highest BCUT2D eigenvalue weighted by Gasteiger charge is 2.11. The number of nitrogens with zero attached hydrogens (tertiary/aromatic N) is 4. The molecule has 1 aromatic carbocycles. The van der Waals surface area contributed by atoms with Gasteiger partial charge < -0.3 is 5.32 Å². The zero-order chi connectivity index (χ0) is 16.2. The molecule has 23 heavy (non-hydrogen) atoms. The second-order valence-corrected chi connectivity index (χ2v) is 5.32. The highest BCUT2D eigenvalue weighted by Crippen LogP contribution is 2.13. The number of hydrogen-bond donors (Lipinski definition) is 1. The lowest BCUT2D eigenvalue weighted by molar-refractivity contribution is 0.0945. The number of carbonyl (C=O) groups excluding carboxylic acids is 1. The van der Waals surface area contributed by atoms with Crippen LogP contribution in [0.15, 0.2) is 48.8 Å². The maximum Gasteiger partial charge on any atom is 0.273 e.